The van der Waals surface area contributed by atoms with E-state index in [2.05, 4.69) is 0 Å². The van der Waals surface area contributed by atoms with E-state index in [4.69, 9.17) is 22.7 Å². The number of carbonyl (C=O) groups excluding carboxylic acids is 2. The van der Waals surface area contributed by atoms with Gasteiger partial charge in [0.25, 0.3) is 0 Å². The predicted octanol–water partition coefficient (Wildman–Crippen LogP) is 1.24. The second kappa shape index (κ2) is 6.32. The summed E-state index contributed by atoms with van der Waals surface area (Å²) in [5.74, 6) is -0.507. The third-order valence-corrected chi connectivity index (χ3v) is 4.25. The molecule has 2 unspecified atom stereocenters. The lowest BCUT2D eigenvalue weighted by atomic mass is 9.85. The van der Waals surface area contributed by atoms with Crippen LogP contribution in [0.25, 0.3) is 0 Å². The van der Waals surface area contributed by atoms with Crippen LogP contribution < -0.4 is 5.73 Å². The Kier molecular flexibility index (Phi) is 5.29. The summed E-state index contributed by atoms with van der Waals surface area (Å²) in [5.41, 5.74) is 4.81. The second-order valence-electron chi connectivity index (χ2n) is 4.96. The summed E-state index contributed by atoms with van der Waals surface area (Å²) in [6.07, 6.45) is 1.96. The van der Waals surface area contributed by atoms with Gasteiger partial charge in [-0.2, -0.15) is 0 Å². The van der Waals surface area contributed by atoms with Crippen LogP contribution in [0.4, 0.5) is 0 Å². The Balaban J connectivity index is 2.91. The number of nitrogens with zero attached hydrogens (tertiary/aromatic N) is 1. The lowest BCUT2D eigenvalue weighted by Gasteiger charge is -2.33. The summed E-state index contributed by atoms with van der Waals surface area (Å²) in [5, 5.41) is 0. The van der Waals surface area contributed by atoms with Crippen molar-refractivity contribution in [2.24, 2.45) is 11.1 Å². The Labute approximate surface area is 119 Å². The second-order valence-corrected chi connectivity index (χ2v) is 5.40. The topological polar surface area (TPSA) is 72.6 Å². The highest BCUT2D eigenvalue weighted by atomic mass is 32.1. The van der Waals surface area contributed by atoms with E-state index < -0.39 is 11.5 Å². The number of hydrogen-bond donors (Lipinski definition) is 1. The minimum Gasteiger partial charge on any atom is -0.464 e. The van der Waals surface area contributed by atoms with E-state index in [9.17, 15) is 9.59 Å². The number of rotatable bonds is 5. The largest absolute Gasteiger partial charge is 0.464 e. The van der Waals surface area contributed by atoms with Crippen molar-refractivity contribution in [3.63, 3.8) is 0 Å². The fraction of sp³-hybridized carbons (Fsp3) is 0.769. The van der Waals surface area contributed by atoms with Gasteiger partial charge >= 0.3 is 5.97 Å². The summed E-state index contributed by atoms with van der Waals surface area (Å²) in [7, 11) is 0. The molecule has 1 saturated heterocycles. The molecule has 1 aliphatic rings. The molecule has 1 rings (SSSR count). The molecule has 108 valence electrons. The minimum atomic E-state index is -0.885. The first-order valence-electron chi connectivity index (χ1n) is 6.66. The number of likely N-dealkylation sites (tertiary alicyclic amines) is 1. The van der Waals surface area contributed by atoms with Crippen molar-refractivity contribution in [3.05, 3.63) is 0 Å². The fourth-order valence-corrected chi connectivity index (χ4v) is 2.47. The van der Waals surface area contributed by atoms with Crippen LogP contribution in [0.1, 0.15) is 40.0 Å². The number of nitrogens with two attached hydrogens (primary N) is 1. The maximum absolute atomic E-state index is 12.6. The molecule has 1 aliphatic heterocycles. The highest BCUT2D eigenvalue weighted by molar-refractivity contribution is 7.80. The van der Waals surface area contributed by atoms with Crippen molar-refractivity contribution >= 4 is 29.1 Å². The number of ether oxygens (including phenoxy) is 1. The number of thiocarbonyl (C=S) groups is 1. The number of hydrogen-bond acceptors (Lipinski definition) is 4. The summed E-state index contributed by atoms with van der Waals surface area (Å²) in [6, 6.07) is -0.493. The SMILES string of the molecule is CCOC(=O)C1CCCN1C(=O)C(C)(CC)C(N)=S. The Bertz CT molecular complexity index is 386. The van der Waals surface area contributed by atoms with Gasteiger partial charge in [0.15, 0.2) is 0 Å². The summed E-state index contributed by atoms with van der Waals surface area (Å²) >= 11 is 5.01. The summed E-state index contributed by atoms with van der Waals surface area (Å²) in [6.45, 7) is 6.23. The van der Waals surface area contributed by atoms with Gasteiger partial charge in [0.2, 0.25) is 5.91 Å². The predicted molar refractivity (Wildman–Crippen MR) is 76.6 cm³/mol. The molecular formula is C13H22N2O3S. The fourth-order valence-electron chi connectivity index (χ4n) is 2.24. The Morgan fingerprint density at radius 2 is 2.11 bits per heavy atom. The molecule has 0 radical (unpaired) electrons. The van der Waals surface area contributed by atoms with Crippen molar-refractivity contribution in [1.29, 1.82) is 0 Å². The van der Waals surface area contributed by atoms with E-state index in [0.29, 0.717) is 26.0 Å². The maximum atomic E-state index is 12.6. The first-order valence-corrected chi connectivity index (χ1v) is 7.06. The van der Waals surface area contributed by atoms with Gasteiger partial charge in [0.05, 0.1) is 17.0 Å². The monoisotopic (exact) mass is 286 g/mol. The molecule has 1 heterocycles. The zero-order valence-electron chi connectivity index (χ0n) is 11.8. The van der Waals surface area contributed by atoms with Gasteiger partial charge < -0.3 is 15.4 Å². The summed E-state index contributed by atoms with van der Waals surface area (Å²) in [4.78, 5) is 26.2. The Morgan fingerprint density at radius 1 is 1.47 bits per heavy atom. The molecule has 1 amide bonds. The van der Waals surface area contributed by atoms with Gasteiger partial charge in [-0.15, -0.1) is 0 Å². The average Bonchev–Trinajstić information content (AvgIpc) is 2.85. The molecule has 2 atom stereocenters. The first kappa shape index (κ1) is 15.9. The third kappa shape index (κ3) is 3.05. The number of esters is 1. The zero-order valence-corrected chi connectivity index (χ0v) is 12.6. The molecule has 0 aliphatic carbocycles. The smallest absolute Gasteiger partial charge is 0.328 e. The molecule has 1 fully saturated rings. The average molecular weight is 286 g/mol. The quantitative estimate of drug-likeness (QED) is 0.608. The van der Waals surface area contributed by atoms with Gasteiger partial charge in [0, 0.05) is 6.54 Å². The van der Waals surface area contributed by atoms with E-state index in [1.165, 1.54) is 0 Å². The molecule has 0 aromatic rings. The van der Waals surface area contributed by atoms with Crippen LogP contribution in [0.2, 0.25) is 0 Å². The summed E-state index contributed by atoms with van der Waals surface area (Å²) < 4.78 is 5.02. The van der Waals surface area contributed by atoms with Crippen LogP contribution >= 0.6 is 12.2 Å². The van der Waals surface area contributed by atoms with Crippen molar-refractivity contribution in [2.45, 2.75) is 46.1 Å². The molecule has 19 heavy (non-hydrogen) atoms. The van der Waals surface area contributed by atoms with Crippen LogP contribution in [0.3, 0.4) is 0 Å². The van der Waals surface area contributed by atoms with E-state index >= 15 is 0 Å². The molecular weight excluding hydrogens is 264 g/mol. The first-order chi connectivity index (χ1) is 8.88. The lowest BCUT2D eigenvalue weighted by Crippen LogP contribution is -2.52. The molecule has 0 aromatic carbocycles. The number of amides is 1. The standard InChI is InChI=1S/C13H22N2O3S/c1-4-13(3,11(14)19)12(17)15-8-6-7-9(15)10(16)18-5-2/h9H,4-8H2,1-3H3,(H2,14,19). The maximum Gasteiger partial charge on any atom is 0.328 e. The highest BCUT2D eigenvalue weighted by Gasteiger charge is 2.44. The zero-order chi connectivity index (χ0) is 14.6. The van der Waals surface area contributed by atoms with Crippen LogP contribution in [0, 0.1) is 5.41 Å². The van der Waals surface area contributed by atoms with Gasteiger partial charge in [-0.25, -0.2) is 4.79 Å². The molecule has 6 heteroatoms. The molecule has 5 nitrogen and oxygen atoms in total. The number of carbonyl (C=O) groups is 2. The van der Waals surface area contributed by atoms with Crippen molar-refractivity contribution < 1.29 is 14.3 Å². The third-order valence-electron chi connectivity index (χ3n) is 3.80. The Morgan fingerprint density at radius 3 is 2.58 bits per heavy atom. The van der Waals surface area contributed by atoms with E-state index in [1.54, 1.807) is 18.7 Å². The Hall–Kier alpha value is -1.17. The van der Waals surface area contributed by atoms with Gasteiger partial charge in [0.1, 0.15) is 6.04 Å². The van der Waals surface area contributed by atoms with Crippen LogP contribution in [-0.2, 0) is 14.3 Å². The highest BCUT2D eigenvalue weighted by Crippen LogP contribution is 2.29. The van der Waals surface area contributed by atoms with Gasteiger partial charge in [-0.1, -0.05) is 19.1 Å². The molecule has 0 bridgehead atoms. The van der Waals surface area contributed by atoms with Crippen molar-refractivity contribution in [3.8, 4) is 0 Å². The lowest BCUT2D eigenvalue weighted by molar-refractivity contribution is -0.155. The van der Waals surface area contributed by atoms with E-state index in [1.807, 2.05) is 6.92 Å². The van der Waals surface area contributed by atoms with Crippen molar-refractivity contribution in [2.75, 3.05) is 13.2 Å². The van der Waals surface area contributed by atoms with Gasteiger partial charge in [-0.3, -0.25) is 4.79 Å². The van der Waals surface area contributed by atoms with Crippen molar-refractivity contribution in [1.82, 2.24) is 4.90 Å². The van der Waals surface area contributed by atoms with Gasteiger partial charge in [-0.05, 0) is 33.1 Å². The van der Waals surface area contributed by atoms with Crippen LogP contribution in [-0.4, -0.2) is 41.0 Å². The molecule has 0 saturated carbocycles. The molecule has 2 N–H and O–H groups in total. The molecule has 0 spiro atoms. The molecule has 0 aromatic heterocycles. The minimum absolute atomic E-state index is 0.168. The van der Waals surface area contributed by atoms with E-state index in [0.717, 1.165) is 6.42 Å². The normalized spacial score (nSPS) is 21.8. The van der Waals surface area contributed by atoms with Crippen LogP contribution in [0.5, 0.6) is 0 Å². The van der Waals surface area contributed by atoms with Crippen LogP contribution in [0.15, 0.2) is 0 Å². The van der Waals surface area contributed by atoms with E-state index in [-0.39, 0.29) is 16.9 Å².